The fourth-order valence-corrected chi connectivity index (χ4v) is 3.61. The quantitative estimate of drug-likeness (QED) is 0.414. The summed E-state index contributed by atoms with van der Waals surface area (Å²) in [6.07, 6.45) is 1.00. The topological polar surface area (TPSA) is 123 Å². The Morgan fingerprint density at radius 3 is 2.25 bits per heavy atom. The number of nitrogens with one attached hydrogen (secondary N) is 1. The van der Waals surface area contributed by atoms with Crippen LogP contribution in [0, 0.1) is 17.2 Å². The summed E-state index contributed by atoms with van der Waals surface area (Å²) in [5, 5.41) is 31.2. The van der Waals surface area contributed by atoms with Crippen LogP contribution in [-0.2, 0) is 28.8 Å². The van der Waals surface area contributed by atoms with Crippen LogP contribution in [0.4, 0.5) is 4.79 Å². The van der Waals surface area contributed by atoms with E-state index in [2.05, 4.69) is 11.4 Å². The number of hydrogen-bond acceptors (Lipinski definition) is 6. The first-order valence-electron chi connectivity index (χ1n) is 12.1. The molecule has 2 aromatic carbocycles. The Balaban J connectivity index is 1.84. The van der Waals surface area contributed by atoms with Crippen molar-refractivity contribution in [2.45, 2.75) is 57.9 Å². The van der Waals surface area contributed by atoms with Crippen molar-refractivity contribution >= 4 is 19.1 Å². The molecule has 2 rings (SSSR count). The first-order chi connectivity index (χ1) is 17.0. The molecule has 3 N–H and O–H groups in total. The predicted octanol–water partition coefficient (Wildman–Crippen LogP) is 2.91. The van der Waals surface area contributed by atoms with Gasteiger partial charge in [0.05, 0.1) is 18.6 Å². The van der Waals surface area contributed by atoms with E-state index in [1.54, 1.807) is 11.9 Å². The van der Waals surface area contributed by atoms with E-state index in [-0.39, 0.29) is 24.5 Å². The monoisotopic (exact) mass is 493 g/mol. The molecule has 9 heteroatoms. The molecule has 2 aromatic rings. The maximum absolute atomic E-state index is 12.7. The summed E-state index contributed by atoms with van der Waals surface area (Å²) in [4.78, 5) is 26.4. The molecule has 0 aliphatic rings. The van der Waals surface area contributed by atoms with Crippen molar-refractivity contribution in [3.63, 3.8) is 0 Å². The number of aryl methyl sites for hydroxylation is 1. The number of hydrogen-bond donors (Lipinski definition) is 3. The normalized spacial score (nSPS) is 12.7. The first kappa shape index (κ1) is 28.9. The van der Waals surface area contributed by atoms with Gasteiger partial charge in [-0.05, 0) is 56.7 Å². The highest BCUT2D eigenvalue weighted by Crippen LogP contribution is 2.18. The molecule has 2 atom stereocenters. The molecule has 0 saturated carbocycles. The molecule has 2 amide bonds. The molecule has 192 valence electrons. The van der Waals surface area contributed by atoms with Crippen molar-refractivity contribution in [3.05, 3.63) is 71.3 Å². The van der Waals surface area contributed by atoms with Crippen LogP contribution in [0.25, 0.3) is 0 Å². The summed E-state index contributed by atoms with van der Waals surface area (Å²) in [5.74, 6) is -1.79. The molecule has 0 fully saturated rings. The summed E-state index contributed by atoms with van der Waals surface area (Å²) >= 11 is 0. The first-order valence-corrected chi connectivity index (χ1v) is 12.1. The van der Waals surface area contributed by atoms with E-state index >= 15 is 0 Å². The number of ether oxygens (including phenoxy) is 1. The SMILES string of the molecule is CN(C(=O)C(C#N)CCc1cccc(CCOC(=O)N[C@@H](Cc2ccccc2)B(O)O)c1)C(C)(C)C. The molecule has 0 bridgehead atoms. The summed E-state index contributed by atoms with van der Waals surface area (Å²) in [6.45, 7) is 5.91. The second-order valence-corrected chi connectivity index (χ2v) is 9.85. The van der Waals surface area contributed by atoms with Crippen LogP contribution >= 0.6 is 0 Å². The van der Waals surface area contributed by atoms with Gasteiger partial charge in [0.15, 0.2) is 0 Å². The van der Waals surface area contributed by atoms with Crippen LogP contribution in [0.1, 0.15) is 43.9 Å². The Morgan fingerprint density at radius 2 is 1.67 bits per heavy atom. The number of carbonyl (C=O) groups excluding carboxylic acids is 2. The number of benzene rings is 2. The highest BCUT2D eigenvalue weighted by atomic mass is 16.5. The van der Waals surface area contributed by atoms with Gasteiger partial charge in [-0.15, -0.1) is 0 Å². The number of carbonyl (C=O) groups is 2. The van der Waals surface area contributed by atoms with Gasteiger partial charge in [0.25, 0.3) is 0 Å². The number of rotatable bonds is 11. The van der Waals surface area contributed by atoms with E-state index in [4.69, 9.17) is 4.74 Å². The maximum atomic E-state index is 12.7. The van der Waals surface area contributed by atoms with Gasteiger partial charge in [-0.25, -0.2) is 4.79 Å². The molecule has 8 nitrogen and oxygen atoms in total. The average molecular weight is 493 g/mol. The van der Waals surface area contributed by atoms with Crippen LogP contribution in [0.5, 0.6) is 0 Å². The summed E-state index contributed by atoms with van der Waals surface area (Å²) in [7, 11) is -0.00376. The molecule has 0 heterocycles. The van der Waals surface area contributed by atoms with E-state index in [0.29, 0.717) is 19.3 Å². The fourth-order valence-electron chi connectivity index (χ4n) is 3.61. The van der Waals surface area contributed by atoms with E-state index < -0.39 is 25.1 Å². The van der Waals surface area contributed by atoms with E-state index in [1.807, 2.05) is 75.4 Å². The molecular weight excluding hydrogens is 457 g/mol. The van der Waals surface area contributed by atoms with Gasteiger partial charge in [0.1, 0.15) is 5.92 Å². The van der Waals surface area contributed by atoms with E-state index in [0.717, 1.165) is 16.7 Å². The lowest BCUT2D eigenvalue weighted by Gasteiger charge is -2.33. The van der Waals surface area contributed by atoms with E-state index in [1.165, 1.54) is 0 Å². The summed E-state index contributed by atoms with van der Waals surface area (Å²) in [5.41, 5.74) is 2.46. The Morgan fingerprint density at radius 1 is 1.06 bits per heavy atom. The minimum absolute atomic E-state index is 0.116. The van der Waals surface area contributed by atoms with Crippen molar-refractivity contribution in [2.75, 3.05) is 13.7 Å². The molecule has 0 aliphatic heterocycles. The predicted molar refractivity (Wildman–Crippen MR) is 139 cm³/mol. The average Bonchev–Trinajstić information content (AvgIpc) is 2.83. The lowest BCUT2D eigenvalue weighted by atomic mass is 9.76. The highest BCUT2D eigenvalue weighted by molar-refractivity contribution is 6.43. The van der Waals surface area contributed by atoms with Crippen molar-refractivity contribution in [3.8, 4) is 6.07 Å². The van der Waals surface area contributed by atoms with Gasteiger partial charge >= 0.3 is 13.2 Å². The van der Waals surface area contributed by atoms with Gasteiger partial charge in [-0.3, -0.25) is 4.79 Å². The lowest BCUT2D eigenvalue weighted by Crippen LogP contribution is -2.48. The Hall–Kier alpha value is -3.35. The second-order valence-electron chi connectivity index (χ2n) is 9.85. The highest BCUT2D eigenvalue weighted by Gasteiger charge is 2.29. The molecule has 36 heavy (non-hydrogen) atoms. The second kappa shape index (κ2) is 13.7. The van der Waals surface area contributed by atoms with Gasteiger partial charge in [0, 0.05) is 19.0 Å². The molecular formula is C27H36BN3O5. The standard InChI is InChI=1S/C27H36BN3O5/c1-27(2,3)31(4)25(32)23(19-29)14-13-21-11-8-12-22(17-21)15-16-36-26(33)30-24(28(34)35)18-20-9-6-5-7-10-20/h5-12,17,23-24,34-35H,13-16,18H2,1-4H3,(H,30,33)/t23?,24-/m0/s1. The third-order valence-electron chi connectivity index (χ3n) is 6.09. The van der Waals surface area contributed by atoms with Crippen LogP contribution in [0.3, 0.4) is 0 Å². The van der Waals surface area contributed by atoms with Gasteiger partial charge in [-0.2, -0.15) is 5.26 Å². The molecule has 0 spiro atoms. The zero-order valence-corrected chi connectivity index (χ0v) is 21.5. The zero-order valence-electron chi connectivity index (χ0n) is 21.5. The fraction of sp³-hybridized carbons (Fsp3) is 0.444. The van der Waals surface area contributed by atoms with Gasteiger partial charge in [-0.1, -0.05) is 54.6 Å². The maximum Gasteiger partial charge on any atom is 0.475 e. The molecule has 0 saturated heterocycles. The van der Waals surface area contributed by atoms with Crippen molar-refractivity contribution in [2.24, 2.45) is 5.92 Å². The van der Waals surface area contributed by atoms with Crippen LogP contribution in [0.15, 0.2) is 54.6 Å². The van der Waals surface area contributed by atoms with E-state index in [9.17, 15) is 24.9 Å². The molecule has 0 aliphatic carbocycles. The van der Waals surface area contributed by atoms with Crippen LogP contribution in [0.2, 0.25) is 0 Å². The Labute approximate surface area is 214 Å². The van der Waals surface area contributed by atoms with Crippen molar-refractivity contribution < 1.29 is 24.4 Å². The Kier molecular flexibility index (Phi) is 11.0. The summed E-state index contributed by atoms with van der Waals surface area (Å²) < 4.78 is 5.24. The minimum Gasteiger partial charge on any atom is -0.449 e. The third-order valence-corrected chi connectivity index (χ3v) is 6.09. The molecule has 0 radical (unpaired) electrons. The third kappa shape index (κ3) is 9.36. The van der Waals surface area contributed by atoms with Gasteiger partial charge < -0.3 is 25.0 Å². The molecule has 0 aromatic heterocycles. The van der Waals surface area contributed by atoms with Crippen molar-refractivity contribution in [1.82, 2.24) is 10.2 Å². The van der Waals surface area contributed by atoms with Gasteiger partial charge in [0.2, 0.25) is 5.91 Å². The van der Waals surface area contributed by atoms with Crippen LogP contribution in [-0.4, -0.2) is 59.2 Å². The van der Waals surface area contributed by atoms with Crippen molar-refractivity contribution in [1.29, 1.82) is 5.26 Å². The number of nitriles is 1. The lowest BCUT2D eigenvalue weighted by molar-refractivity contribution is -0.136. The summed E-state index contributed by atoms with van der Waals surface area (Å²) in [6, 6.07) is 19.1. The minimum atomic E-state index is -1.72. The smallest absolute Gasteiger partial charge is 0.449 e. The van der Waals surface area contributed by atoms with Crippen LogP contribution < -0.4 is 5.32 Å². The Bertz CT molecular complexity index is 1030. The number of amides is 2. The zero-order chi connectivity index (χ0) is 26.7. The largest absolute Gasteiger partial charge is 0.475 e. The number of alkyl carbamates (subject to hydrolysis) is 1. The number of nitrogens with zero attached hydrogens (tertiary/aromatic N) is 2. The molecule has 1 unspecified atom stereocenters.